The van der Waals surface area contributed by atoms with Gasteiger partial charge in [-0.3, -0.25) is 0 Å². The van der Waals surface area contributed by atoms with E-state index in [9.17, 15) is 0 Å². The van der Waals surface area contributed by atoms with Crippen LogP contribution in [0.15, 0.2) is 18.2 Å². The van der Waals surface area contributed by atoms with Gasteiger partial charge in [-0.05, 0) is 75.3 Å². The molecule has 1 aromatic carbocycles. The van der Waals surface area contributed by atoms with Crippen LogP contribution in [0.5, 0.6) is 0 Å². The molecule has 2 aliphatic rings. The van der Waals surface area contributed by atoms with E-state index in [2.05, 4.69) is 31.4 Å². The first-order valence-electron chi connectivity index (χ1n) is 7.71. The minimum absolute atomic E-state index is 0.207. The van der Waals surface area contributed by atoms with Crippen LogP contribution >= 0.6 is 11.6 Å². The lowest BCUT2D eigenvalue weighted by molar-refractivity contribution is -0.147. The van der Waals surface area contributed by atoms with Crippen molar-refractivity contribution in [3.63, 3.8) is 0 Å². The number of halogens is 1. The summed E-state index contributed by atoms with van der Waals surface area (Å²) in [5.41, 5.74) is 2.88. The van der Waals surface area contributed by atoms with E-state index in [1.807, 2.05) is 6.07 Å². The number of benzene rings is 1. The van der Waals surface area contributed by atoms with Crippen LogP contribution in [0.3, 0.4) is 0 Å². The smallest absolute Gasteiger partial charge is 0.0686 e. The maximum atomic E-state index is 6.09. The van der Waals surface area contributed by atoms with Crippen LogP contribution < -0.4 is 5.32 Å². The molecule has 0 bridgehead atoms. The average Bonchev–Trinajstić information content (AvgIpc) is 2.40. The molecule has 1 aliphatic carbocycles. The maximum absolute atomic E-state index is 6.09. The van der Waals surface area contributed by atoms with Crippen LogP contribution in [0.25, 0.3) is 0 Å². The number of hydrogen-bond donors (Lipinski definition) is 1. The van der Waals surface area contributed by atoms with Crippen LogP contribution in [-0.2, 0) is 4.74 Å². The molecular weight excluding hydrogens is 270 g/mol. The molecule has 2 unspecified atom stereocenters. The summed E-state index contributed by atoms with van der Waals surface area (Å²) in [6.45, 7) is 3.07. The van der Waals surface area contributed by atoms with E-state index >= 15 is 0 Å². The molecule has 3 heteroatoms. The van der Waals surface area contributed by atoms with Gasteiger partial charge in [0.05, 0.1) is 5.60 Å². The van der Waals surface area contributed by atoms with Crippen LogP contribution in [-0.4, -0.2) is 19.3 Å². The lowest BCUT2D eigenvalue weighted by Crippen LogP contribution is -2.47. The third-order valence-corrected chi connectivity index (χ3v) is 5.38. The SMILES string of the molecule is CNC(c1ccc(Cl)cc1C)C1CCOC2(CCC2)C1. The lowest BCUT2D eigenvalue weighted by atomic mass is 9.69. The summed E-state index contributed by atoms with van der Waals surface area (Å²) < 4.78 is 6.06. The van der Waals surface area contributed by atoms with Crippen LogP contribution in [0, 0.1) is 12.8 Å². The maximum Gasteiger partial charge on any atom is 0.0686 e. The Kier molecular flexibility index (Phi) is 4.07. The minimum atomic E-state index is 0.207. The van der Waals surface area contributed by atoms with Crippen LogP contribution in [0.1, 0.15) is 49.3 Å². The van der Waals surface area contributed by atoms with E-state index in [4.69, 9.17) is 16.3 Å². The molecule has 1 heterocycles. The Morgan fingerprint density at radius 3 is 2.80 bits per heavy atom. The van der Waals surface area contributed by atoms with E-state index in [1.165, 1.54) is 36.8 Å². The second-order valence-corrected chi connectivity index (χ2v) is 6.84. The molecular formula is C17H24ClNO. The highest BCUT2D eigenvalue weighted by Crippen LogP contribution is 2.47. The monoisotopic (exact) mass is 293 g/mol. The molecule has 1 saturated carbocycles. The van der Waals surface area contributed by atoms with E-state index < -0.39 is 0 Å². The lowest BCUT2D eigenvalue weighted by Gasteiger charge is -2.49. The van der Waals surface area contributed by atoms with Crippen molar-refractivity contribution >= 4 is 11.6 Å². The molecule has 2 fully saturated rings. The third kappa shape index (κ3) is 2.61. The second-order valence-electron chi connectivity index (χ2n) is 6.41. The van der Waals surface area contributed by atoms with E-state index in [-0.39, 0.29) is 5.60 Å². The molecule has 110 valence electrons. The van der Waals surface area contributed by atoms with Crippen LogP contribution in [0.2, 0.25) is 5.02 Å². The molecule has 2 atom stereocenters. The standard InChI is InChI=1S/C17H24ClNO/c1-12-10-14(18)4-5-15(12)16(19-2)13-6-9-20-17(11-13)7-3-8-17/h4-5,10,13,16,19H,3,6-9,11H2,1-2H3. The van der Waals surface area contributed by atoms with Crippen LogP contribution in [0.4, 0.5) is 0 Å². The quantitative estimate of drug-likeness (QED) is 0.899. The van der Waals surface area contributed by atoms with Crippen molar-refractivity contribution in [2.45, 2.75) is 50.7 Å². The summed E-state index contributed by atoms with van der Waals surface area (Å²) in [6, 6.07) is 6.67. The highest BCUT2D eigenvalue weighted by Gasteiger charge is 2.44. The predicted octanol–water partition coefficient (Wildman–Crippen LogP) is 4.26. The van der Waals surface area contributed by atoms with E-state index in [1.54, 1.807) is 0 Å². The van der Waals surface area contributed by atoms with E-state index in [0.29, 0.717) is 12.0 Å². The van der Waals surface area contributed by atoms with Crippen molar-refractivity contribution in [2.75, 3.05) is 13.7 Å². The molecule has 2 nitrogen and oxygen atoms in total. The van der Waals surface area contributed by atoms with Crippen molar-refractivity contribution in [3.8, 4) is 0 Å². The van der Waals surface area contributed by atoms with Gasteiger partial charge in [-0.2, -0.15) is 0 Å². The Morgan fingerprint density at radius 1 is 1.40 bits per heavy atom. The summed E-state index contributed by atoms with van der Waals surface area (Å²) in [6.07, 6.45) is 6.17. The Bertz CT molecular complexity index is 484. The van der Waals surface area contributed by atoms with Gasteiger partial charge in [0.15, 0.2) is 0 Å². The highest BCUT2D eigenvalue weighted by atomic mass is 35.5. The van der Waals surface area contributed by atoms with Crippen molar-refractivity contribution in [3.05, 3.63) is 34.3 Å². The molecule has 1 aromatic rings. The number of rotatable bonds is 3. The highest BCUT2D eigenvalue weighted by molar-refractivity contribution is 6.30. The second kappa shape index (κ2) is 5.67. The summed E-state index contributed by atoms with van der Waals surface area (Å²) in [4.78, 5) is 0. The van der Waals surface area contributed by atoms with E-state index in [0.717, 1.165) is 18.1 Å². The molecule has 0 radical (unpaired) electrons. The summed E-state index contributed by atoms with van der Waals surface area (Å²) >= 11 is 6.09. The van der Waals surface area contributed by atoms with Crippen molar-refractivity contribution in [1.29, 1.82) is 0 Å². The molecule has 1 spiro atoms. The molecule has 0 aromatic heterocycles. The predicted molar refractivity (Wildman–Crippen MR) is 83.2 cm³/mol. The fraction of sp³-hybridized carbons (Fsp3) is 0.647. The fourth-order valence-electron chi connectivity index (χ4n) is 3.90. The molecule has 20 heavy (non-hydrogen) atoms. The Balaban J connectivity index is 1.81. The summed E-state index contributed by atoms with van der Waals surface area (Å²) in [5, 5.41) is 4.36. The first kappa shape index (κ1) is 14.4. The van der Waals surface area contributed by atoms with Gasteiger partial charge < -0.3 is 10.1 Å². The number of hydrogen-bond acceptors (Lipinski definition) is 2. The topological polar surface area (TPSA) is 21.3 Å². The Labute approximate surface area is 126 Å². The molecule has 0 amide bonds. The Hall–Kier alpha value is -0.570. The number of nitrogens with one attached hydrogen (secondary N) is 1. The first-order valence-corrected chi connectivity index (χ1v) is 8.09. The van der Waals surface area contributed by atoms with Gasteiger partial charge in [-0.15, -0.1) is 0 Å². The molecule has 1 N–H and O–H groups in total. The van der Waals surface area contributed by atoms with Gasteiger partial charge in [0.25, 0.3) is 0 Å². The summed E-state index contributed by atoms with van der Waals surface area (Å²) in [5.74, 6) is 0.661. The zero-order valence-corrected chi connectivity index (χ0v) is 13.2. The van der Waals surface area contributed by atoms with Crippen molar-refractivity contribution in [1.82, 2.24) is 5.32 Å². The largest absolute Gasteiger partial charge is 0.375 e. The first-order chi connectivity index (χ1) is 9.63. The zero-order valence-electron chi connectivity index (χ0n) is 12.4. The van der Waals surface area contributed by atoms with Gasteiger partial charge in [0.2, 0.25) is 0 Å². The molecule has 1 aliphatic heterocycles. The van der Waals surface area contributed by atoms with Gasteiger partial charge >= 0.3 is 0 Å². The molecule has 1 saturated heterocycles. The average molecular weight is 294 g/mol. The number of aryl methyl sites for hydroxylation is 1. The Morgan fingerprint density at radius 2 is 2.20 bits per heavy atom. The third-order valence-electron chi connectivity index (χ3n) is 5.15. The van der Waals surface area contributed by atoms with Gasteiger partial charge in [-0.1, -0.05) is 17.7 Å². The van der Waals surface area contributed by atoms with Crippen molar-refractivity contribution in [2.24, 2.45) is 5.92 Å². The normalized spacial score (nSPS) is 26.2. The van der Waals surface area contributed by atoms with Gasteiger partial charge in [0.1, 0.15) is 0 Å². The van der Waals surface area contributed by atoms with Gasteiger partial charge in [0, 0.05) is 17.7 Å². The molecule has 3 rings (SSSR count). The zero-order chi connectivity index (χ0) is 14.2. The summed E-state index contributed by atoms with van der Waals surface area (Å²) in [7, 11) is 2.07. The number of ether oxygens (including phenoxy) is 1. The fourth-order valence-corrected chi connectivity index (χ4v) is 4.13. The van der Waals surface area contributed by atoms with Gasteiger partial charge in [-0.25, -0.2) is 0 Å². The van der Waals surface area contributed by atoms with Crippen molar-refractivity contribution < 1.29 is 4.74 Å². The minimum Gasteiger partial charge on any atom is -0.375 e.